The largest absolute Gasteiger partial charge is 0.344 e. The summed E-state index contributed by atoms with van der Waals surface area (Å²) in [6, 6.07) is 9.96. The fraction of sp³-hybridized carbons (Fsp3) is 0.556. The van der Waals surface area contributed by atoms with E-state index in [0.29, 0.717) is 13.1 Å². The Morgan fingerprint density at radius 1 is 1.09 bits per heavy atom. The number of benzene rings is 1. The summed E-state index contributed by atoms with van der Waals surface area (Å²) in [7, 11) is 0. The van der Waals surface area contributed by atoms with Crippen LogP contribution >= 0.6 is 0 Å². The molecule has 1 fully saturated rings. The molecule has 1 heterocycles. The molecule has 126 valence electrons. The molecule has 1 atom stereocenters. The first-order valence-corrected chi connectivity index (χ1v) is 8.29. The van der Waals surface area contributed by atoms with Crippen LogP contribution < -0.4 is 5.32 Å². The van der Waals surface area contributed by atoms with Crippen molar-refractivity contribution in [2.75, 3.05) is 26.2 Å². The van der Waals surface area contributed by atoms with Crippen LogP contribution in [0.5, 0.6) is 0 Å². The summed E-state index contributed by atoms with van der Waals surface area (Å²) in [5.41, 5.74) is 1.30. The van der Waals surface area contributed by atoms with Gasteiger partial charge in [-0.1, -0.05) is 44.2 Å². The Morgan fingerprint density at radius 2 is 1.70 bits per heavy atom. The third-order valence-electron chi connectivity index (χ3n) is 4.22. The zero-order valence-electron chi connectivity index (χ0n) is 14.3. The highest BCUT2D eigenvalue weighted by Gasteiger charge is 2.29. The summed E-state index contributed by atoms with van der Waals surface area (Å²) in [4.78, 5) is 28.2. The number of hydrogen-bond acceptors (Lipinski definition) is 3. The Morgan fingerprint density at radius 3 is 2.22 bits per heavy atom. The third-order valence-corrected chi connectivity index (χ3v) is 4.22. The van der Waals surface area contributed by atoms with Gasteiger partial charge in [0.25, 0.3) is 0 Å². The molecule has 1 aliphatic heterocycles. The number of hydrogen-bond donors (Lipinski definition) is 1. The van der Waals surface area contributed by atoms with Crippen molar-refractivity contribution in [3.05, 3.63) is 35.9 Å². The Kier molecular flexibility index (Phi) is 6.16. The molecule has 1 N–H and O–H groups in total. The van der Waals surface area contributed by atoms with E-state index in [1.807, 2.05) is 24.8 Å². The van der Waals surface area contributed by atoms with E-state index in [-0.39, 0.29) is 17.7 Å². The highest BCUT2D eigenvalue weighted by molar-refractivity contribution is 5.87. The highest BCUT2D eigenvalue weighted by atomic mass is 16.2. The third kappa shape index (κ3) is 5.06. The molecule has 0 unspecified atom stereocenters. The van der Waals surface area contributed by atoms with E-state index < -0.39 is 6.04 Å². The zero-order chi connectivity index (χ0) is 16.8. The summed E-state index contributed by atoms with van der Waals surface area (Å²) in [6.45, 7) is 9.47. The number of carbonyl (C=O) groups is 2. The van der Waals surface area contributed by atoms with Gasteiger partial charge in [0.05, 0.1) is 0 Å². The van der Waals surface area contributed by atoms with Crippen molar-refractivity contribution in [2.24, 2.45) is 5.92 Å². The molecule has 0 spiro atoms. The minimum atomic E-state index is -0.423. The quantitative estimate of drug-likeness (QED) is 0.895. The van der Waals surface area contributed by atoms with Crippen molar-refractivity contribution in [1.29, 1.82) is 0 Å². The minimum Gasteiger partial charge on any atom is -0.344 e. The van der Waals surface area contributed by atoms with E-state index in [0.717, 1.165) is 19.6 Å². The van der Waals surface area contributed by atoms with Crippen molar-refractivity contribution in [3.8, 4) is 0 Å². The van der Waals surface area contributed by atoms with E-state index in [4.69, 9.17) is 0 Å². The van der Waals surface area contributed by atoms with Crippen molar-refractivity contribution >= 4 is 11.8 Å². The first-order chi connectivity index (χ1) is 11.0. The lowest BCUT2D eigenvalue weighted by molar-refractivity contribution is -0.138. The predicted octanol–water partition coefficient (Wildman–Crippen LogP) is 1.49. The van der Waals surface area contributed by atoms with Crippen LogP contribution in [0.4, 0.5) is 0 Å². The monoisotopic (exact) mass is 317 g/mol. The van der Waals surface area contributed by atoms with Gasteiger partial charge in [0.2, 0.25) is 11.8 Å². The van der Waals surface area contributed by atoms with E-state index >= 15 is 0 Å². The van der Waals surface area contributed by atoms with Crippen LogP contribution in [0.3, 0.4) is 0 Å². The first-order valence-electron chi connectivity index (χ1n) is 8.29. The molecule has 0 bridgehead atoms. The molecule has 0 saturated carbocycles. The van der Waals surface area contributed by atoms with Gasteiger partial charge in [-0.3, -0.25) is 14.5 Å². The summed E-state index contributed by atoms with van der Waals surface area (Å²) < 4.78 is 0. The van der Waals surface area contributed by atoms with Gasteiger partial charge in [-0.2, -0.15) is 0 Å². The molecule has 0 radical (unpaired) electrons. The van der Waals surface area contributed by atoms with Gasteiger partial charge in [-0.25, -0.2) is 0 Å². The second-order valence-corrected chi connectivity index (χ2v) is 6.51. The number of rotatable bonds is 5. The maximum atomic E-state index is 12.6. The van der Waals surface area contributed by atoms with Gasteiger partial charge in [0.15, 0.2) is 0 Å². The van der Waals surface area contributed by atoms with Crippen LogP contribution in [0.15, 0.2) is 30.3 Å². The van der Waals surface area contributed by atoms with Crippen LogP contribution in [0.1, 0.15) is 26.3 Å². The zero-order valence-corrected chi connectivity index (χ0v) is 14.3. The molecular weight excluding hydrogens is 290 g/mol. The molecule has 0 aromatic heterocycles. The maximum absolute atomic E-state index is 12.6. The fourth-order valence-corrected chi connectivity index (χ4v) is 2.90. The fourth-order valence-electron chi connectivity index (χ4n) is 2.90. The molecule has 2 amide bonds. The van der Waals surface area contributed by atoms with Gasteiger partial charge >= 0.3 is 0 Å². The minimum absolute atomic E-state index is 0.0366. The first kappa shape index (κ1) is 17.5. The van der Waals surface area contributed by atoms with Crippen LogP contribution in [-0.4, -0.2) is 53.8 Å². The van der Waals surface area contributed by atoms with Crippen molar-refractivity contribution < 1.29 is 9.59 Å². The molecule has 5 heteroatoms. The number of nitrogens with one attached hydrogen (secondary N) is 1. The lowest BCUT2D eigenvalue weighted by atomic mass is 10.0. The molecule has 0 aliphatic carbocycles. The number of piperazine rings is 1. The molecule has 1 saturated heterocycles. The van der Waals surface area contributed by atoms with Gasteiger partial charge in [-0.15, -0.1) is 0 Å². The van der Waals surface area contributed by atoms with Gasteiger partial charge in [0, 0.05) is 39.6 Å². The smallest absolute Gasteiger partial charge is 0.245 e. The van der Waals surface area contributed by atoms with Crippen molar-refractivity contribution in [1.82, 2.24) is 15.1 Å². The maximum Gasteiger partial charge on any atom is 0.245 e. The Bertz CT molecular complexity index is 522. The average Bonchev–Trinajstić information content (AvgIpc) is 2.53. The summed E-state index contributed by atoms with van der Waals surface area (Å²) >= 11 is 0. The highest BCUT2D eigenvalue weighted by Crippen LogP contribution is 2.12. The summed E-state index contributed by atoms with van der Waals surface area (Å²) in [6.07, 6.45) is 0. The van der Waals surface area contributed by atoms with Gasteiger partial charge in [-0.05, 0) is 11.5 Å². The summed E-state index contributed by atoms with van der Waals surface area (Å²) in [5.74, 6) is -0.0249. The van der Waals surface area contributed by atoms with Crippen LogP contribution in [0.2, 0.25) is 0 Å². The Labute approximate surface area is 138 Å². The van der Waals surface area contributed by atoms with E-state index in [2.05, 4.69) is 34.5 Å². The van der Waals surface area contributed by atoms with Gasteiger partial charge in [0.1, 0.15) is 6.04 Å². The van der Waals surface area contributed by atoms with Crippen LogP contribution in [0.25, 0.3) is 0 Å². The van der Waals surface area contributed by atoms with E-state index in [1.54, 1.807) is 0 Å². The lowest BCUT2D eigenvalue weighted by Crippen LogP contribution is -2.56. The van der Waals surface area contributed by atoms with Crippen molar-refractivity contribution in [2.45, 2.75) is 33.4 Å². The van der Waals surface area contributed by atoms with E-state index in [9.17, 15) is 9.59 Å². The van der Waals surface area contributed by atoms with Crippen molar-refractivity contribution in [3.63, 3.8) is 0 Å². The number of amides is 2. The Hall–Kier alpha value is -1.88. The average molecular weight is 317 g/mol. The predicted molar refractivity (Wildman–Crippen MR) is 90.7 cm³/mol. The van der Waals surface area contributed by atoms with Gasteiger partial charge < -0.3 is 10.2 Å². The molecule has 1 aromatic carbocycles. The standard InChI is InChI=1S/C18H27N3O2/c1-14(2)17(19-15(3)22)18(23)21-11-9-20(10-12-21)13-16-7-5-4-6-8-16/h4-8,14,17H,9-13H2,1-3H3,(H,19,22)/t17-/m0/s1. The molecule has 1 aromatic rings. The molecule has 23 heavy (non-hydrogen) atoms. The topological polar surface area (TPSA) is 52.7 Å². The van der Waals surface area contributed by atoms with Crippen LogP contribution in [0, 0.1) is 5.92 Å². The second kappa shape index (κ2) is 8.11. The molecule has 2 rings (SSSR count). The molecular formula is C18H27N3O2. The lowest BCUT2D eigenvalue weighted by Gasteiger charge is -2.37. The van der Waals surface area contributed by atoms with Crippen LogP contribution in [-0.2, 0) is 16.1 Å². The molecule has 5 nitrogen and oxygen atoms in total. The summed E-state index contributed by atoms with van der Waals surface area (Å²) in [5, 5.41) is 2.78. The number of nitrogens with zero attached hydrogens (tertiary/aromatic N) is 2. The Balaban J connectivity index is 1.87. The SMILES string of the molecule is CC(=O)N[C@H](C(=O)N1CCN(Cc2ccccc2)CC1)C(C)C. The normalized spacial score (nSPS) is 17.1. The molecule has 1 aliphatic rings. The number of carbonyl (C=O) groups excluding carboxylic acids is 2. The van der Waals surface area contributed by atoms with E-state index in [1.165, 1.54) is 12.5 Å². The second-order valence-electron chi connectivity index (χ2n) is 6.51.